The molecule has 1 N–H and O–H groups in total. The lowest BCUT2D eigenvalue weighted by atomic mass is 10.0. The van der Waals surface area contributed by atoms with E-state index >= 15 is 0 Å². The number of carbonyl (C=O) groups excluding carboxylic acids is 2. The lowest BCUT2D eigenvalue weighted by Gasteiger charge is -2.30. The largest absolute Gasteiger partial charge is 0.756 e. The van der Waals surface area contributed by atoms with Crippen LogP contribution in [0.1, 0.15) is 258 Å². The fourth-order valence-corrected chi connectivity index (χ4v) is 9.09. The van der Waals surface area contributed by atoms with Crippen molar-refractivity contribution < 1.29 is 37.3 Å². The van der Waals surface area contributed by atoms with Gasteiger partial charge in [0.15, 0.2) is 0 Å². The normalized spacial score (nSPS) is 14.3. The molecule has 0 bridgehead atoms. The van der Waals surface area contributed by atoms with Crippen LogP contribution < -0.4 is 10.2 Å². The van der Waals surface area contributed by atoms with Crippen molar-refractivity contribution in [2.24, 2.45) is 0 Å². The number of amides is 1. The van der Waals surface area contributed by atoms with Gasteiger partial charge in [-0.1, -0.05) is 228 Å². The van der Waals surface area contributed by atoms with Crippen molar-refractivity contribution >= 4 is 19.7 Å². The molecule has 0 radical (unpaired) electrons. The summed E-state index contributed by atoms with van der Waals surface area (Å²) in [6.45, 7) is 6.69. The van der Waals surface area contributed by atoms with Gasteiger partial charge >= 0.3 is 5.97 Å². The molecule has 0 aromatic carbocycles. The first-order valence-corrected chi connectivity index (χ1v) is 31.9. The highest BCUT2D eigenvalue weighted by Gasteiger charge is 2.27. The van der Waals surface area contributed by atoms with Crippen LogP contribution in [-0.2, 0) is 27.9 Å². The zero-order valence-corrected chi connectivity index (χ0v) is 49.7. The molecule has 0 aromatic heterocycles. The minimum Gasteiger partial charge on any atom is -0.756 e. The number of likely N-dealkylation sites (N-methyl/N-ethyl adjacent to an activating group) is 1. The summed E-state index contributed by atoms with van der Waals surface area (Å²) in [6.07, 6.45) is 69.7. The minimum absolute atomic E-state index is 0.0306. The van der Waals surface area contributed by atoms with Crippen LogP contribution in [0.3, 0.4) is 0 Å². The Morgan fingerprint density at radius 2 is 0.865 bits per heavy atom. The average molecular weight is 1060 g/mol. The Balaban J connectivity index is 5.34. The number of hydrogen-bond donors (Lipinski definition) is 1. The first-order valence-electron chi connectivity index (χ1n) is 30.4. The second-order valence-electron chi connectivity index (χ2n) is 21.5. The molecule has 0 rings (SSSR count). The van der Waals surface area contributed by atoms with E-state index in [0.717, 1.165) is 116 Å². The number of carbonyl (C=O) groups is 2. The summed E-state index contributed by atoms with van der Waals surface area (Å²) >= 11 is 0. The van der Waals surface area contributed by atoms with Crippen molar-refractivity contribution in [3.8, 4) is 0 Å². The van der Waals surface area contributed by atoms with Crippen molar-refractivity contribution in [2.75, 3.05) is 40.9 Å². The number of phosphoric acid groups is 1. The van der Waals surface area contributed by atoms with E-state index in [9.17, 15) is 19.0 Å². The Bertz CT molecular complexity index is 1540. The number of rotatable bonds is 54. The molecule has 3 unspecified atom stereocenters. The summed E-state index contributed by atoms with van der Waals surface area (Å²) in [5.74, 6) is -0.573. The van der Waals surface area contributed by atoms with Gasteiger partial charge in [-0.05, 0) is 102 Å². The number of ether oxygens (including phenoxy) is 1. The van der Waals surface area contributed by atoms with Crippen LogP contribution in [-0.4, -0.2) is 69.4 Å². The smallest absolute Gasteiger partial charge is 0.306 e. The lowest BCUT2D eigenvalue weighted by molar-refractivity contribution is -0.870. The molecule has 1 amide bonds. The average Bonchev–Trinajstić information content (AvgIpc) is 3.36. The summed E-state index contributed by atoms with van der Waals surface area (Å²) in [6, 6.07) is -0.904. The predicted molar refractivity (Wildman–Crippen MR) is 316 cm³/mol. The highest BCUT2D eigenvalue weighted by Crippen LogP contribution is 2.38. The first kappa shape index (κ1) is 71.2. The molecular weight excluding hydrogens is 940 g/mol. The first-order chi connectivity index (χ1) is 35.9. The molecular formula is C64H115N2O7P. The van der Waals surface area contributed by atoms with Crippen LogP contribution in [0.4, 0.5) is 0 Å². The number of unbranched alkanes of at least 4 members (excludes halogenated alkanes) is 26. The predicted octanol–water partition coefficient (Wildman–Crippen LogP) is 18.0. The van der Waals surface area contributed by atoms with E-state index < -0.39 is 26.6 Å². The molecule has 0 saturated carbocycles. The third-order valence-corrected chi connectivity index (χ3v) is 14.0. The van der Waals surface area contributed by atoms with Gasteiger partial charge in [-0.3, -0.25) is 14.2 Å². The van der Waals surface area contributed by atoms with Gasteiger partial charge in [0.1, 0.15) is 19.3 Å². The Hall–Kier alpha value is -2.81. The summed E-state index contributed by atoms with van der Waals surface area (Å²) < 4.78 is 30.3. The Morgan fingerprint density at radius 1 is 0.486 bits per heavy atom. The lowest BCUT2D eigenvalue weighted by Crippen LogP contribution is -2.47. The van der Waals surface area contributed by atoms with E-state index in [2.05, 4.69) is 99.0 Å². The highest BCUT2D eigenvalue weighted by atomic mass is 31.2. The van der Waals surface area contributed by atoms with Crippen molar-refractivity contribution in [3.05, 3.63) is 85.1 Å². The van der Waals surface area contributed by atoms with E-state index in [1.165, 1.54) is 103 Å². The van der Waals surface area contributed by atoms with Crippen molar-refractivity contribution in [1.82, 2.24) is 5.32 Å². The van der Waals surface area contributed by atoms with Crippen molar-refractivity contribution in [2.45, 2.75) is 270 Å². The summed E-state index contributed by atoms with van der Waals surface area (Å²) in [5, 5.41) is 3.01. The van der Waals surface area contributed by atoms with Gasteiger partial charge in [0.25, 0.3) is 7.82 Å². The number of allylic oxidation sites excluding steroid dienone is 13. The molecule has 0 heterocycles. The maximum atomic E-state index is 13.5. The molecule has 0 aliphatic heterocycles. The molecule has 0 spiro atoms. The number of hydrogen-bond acceptors (Lipinski definition) is 7. The zero-order valence-electron chi connectivity index (χ0n) is 48.8. The molecule has 10 heteroatoms. The van der Waals surface area contributed by atoms with Crippen molar-refractivity contribution in [3.63, 3.8) is 0 Å². The fourth-order valence-electron chi connectivity index (χ4n) is 8.37. The number of nitrogens with one attached hydrogen (secondary N) is 1. The van der Waals surface area contributed by atoms with E-state index in [0.29, 0.717) is 23.9 Å². The van der Waals surface area contributed by atoms with E-state index in [1.807, 2.05) is 33.3 Å². The molecule has 0 saturated heterocycles. The standard InChI is InChI=1S/C64H115N2O7P/c1-7-10-13-16-19-22-25-28-30-31-32-33-34-35-36-39-42-45-48-51-54-57-64(68)73-62(55-52-49-46-43-40-37-27-24-21-18-15-12-9-3)61(60-72-74(69,70)71-59-58-66(4,5)6)65-63(67)56-53-50-47-44-41-38-29-26-23-20-17-14-11-8-2/h11,14,19-20,22-23,28,30,32-33,35-36,52,55,61-62H,7-10,12-13,15-18,21,24-27,29,31,34,37-51,53-54,56-60H2,1-6H3,(H-,65,67,69,70)/b14-11+,22-19-,23-20+,30-28-,33-32-,36-35-,55-52-. The number of esters is 1. The molecule has 74 heavy (non-hydrogen) atoms. The third-order valence-electron chi connectivity index (χ3n) is 13.1. The van der Waals surface area contributed by atoms with Gasteiger partial charge in [0.05, 0.1) is 33.8 Å². The third kappa shape index (κ3) is 54.0. The van der Waals surface area contributed by atoms with Gasteiger partial charge in [0, 0.05) is 12.8 Å². The molecule has 0 fully saturated rings. The summed E-state index contributed by atoms with van der Waals surface area (Å²) in [7, 11) is 1.16. The Kier molecular flexibility index (Phi) is 51.5. The van der Waals surface area contributed by atoms with Crippen LogP contribution in [0.25, 0.3) is 0 Å². The summed E-state index contributed by atoms with van der Waals surface area (Å²) in [4.78, 5) is 39.9. The van der Waals surface area contributed by atoms with Gasteiger partial charge < -0.3 is 28.5 Å². The molecule has 9 nitrogen and oxygen atoms in total. The molecule has 0 aliphatic rings. The van der Waals surface area contributed by atoms with Crippen LogP contribution in [0.5, 0.6) is 0 Å². The van der Waals surface area contributed by atoms with Crippen molar-refractivity contribution in [1.29, 1.82) is 0 Å². The topological polar surface area (TPSA) is 114 Å². The van der Waals surface area contributed by atoms with Gasteiger partial charge in [-0.15, -0.1) is 0 Å². The molecule has 0 aliphatic carbocycles. The van der Waals surface area contributed by atoms with Crippen LogP contribution >= 0.6 is 7.82 Å². The fraction of sp³-hybridized carbons (Fsp3) is 0.750. The minimum atomic E-state index is -4.71. The molecule has 428 valence electrons. The maximum Gasteiger partial charge on any atom is 0.306 e. The quantitative estimate of drug-likeness (QED) is 0.0212. The second kappa shape index (κ2) is 53.6. The monoisotopic (exact) mass is 1050 g/mol. The van der Waals surface area contributed by atoms with Gasteiger partial charge in [0.2, 0.25) is 5.91 Å². The van der Waals surface area contributed by atoms with Crippen LogP contribution in [0, 0.1) is 0 Å². The maximum absolute atomic E-state index is 13.5. The van der Waals surface area contributed by atoms with E-state index in [4.69, 9.17) is 13.8 Å². The van der Waals surface area contributed by atoms with Gasteiger partial charge in [-0.2, -0.15) is 0 Å². The zero-order chi connectivity index (χ0) is 54.3. The van der Waals surface area contributed by atoms with E-state index in [-0.39, 0.29) is 24.9 Å². The molecule has 0 aromatic rings. The SMILES string of the molecule is CC/C=C/C/C=C/CCCCCCCCCC(=O)NC(COP(=O)([O-])OCC[N+](C)(C)C)C(/C=C\CCCCCCCCCCCCC)OC(=O)CCCCCCC/C=C\C/C=C\C/C=C\C/C=C\CCCCC. The number of nitrogens with zero attached hydrogens (tertiary/aromatic N) is 1. The Morgan fingerprint density at radius 3 is 1.32 bits per heavy atom. The van der Waals surface area contributed by atoms with Crippen LogP contribution in [0.15, 0.2) is 85.1 Å². The van der Waals surface area contributed by atoms with Crippen LogP contribution in [0.2, 0.25) is 0 Å². The molecule has 3 atom stereocenters. The Labute approximate surface area is 456 Å². The number of quaternary nitrogens is 1. The second-order valence-corrected chi connectivity index (χ2v) is 22.9. The highest BCUT2D eigenvalue weighted by molar-refractivity contribution is 7.45. The summed E-state index contributed by atoms with van der Waals surface area (Å²) in [5.41, 5.74) is 0. The van der Waals surface area contributed by atoms with E-state index in [1.54, 1.807) is 0 Å². The number of phosphoric ester groups is 1. The van der Waals surface area contributed by atoms with Gasteiger partial charge in [-0.25, -0.2) is 0 Å².